The molecule has 0 saturated heterocycles. The van der Waals surface area contributed by atoms with Crippen LogP contribution in [-0.4, -0.2) is 9.55 Å². The highest BCUT2D eigenvalue weighted by Crippen LogP contribution is 2.41. The minimum atomic E-state index is 0.193. The normalized spacial score (nSPS) is 17.2. The Bertz CT molecular complexity index is 777. The third kappa shape index (κ3) is 3.07. The van der Waals surface area contributed by atoms with E-state index in [1.807, 2.05) is 0 Å². The van der Waals surface area contributed by atoms with Gasteiger partial charge >= 0.3 is 0 Å². The van der Waals surface area contributed by atoms with Crippen LogP contribution < -0.4 is 5.73 Å². The van der Waals surface area contributed by atoms with Crippen LogP contribution in [0.4, 0.5) is 5.69 Å². The number of aryl methyl sites for hydroxylation is 2. The van der Waals surface area contributed by atoms with Gasteiger partial charge in [-0.2, -0.15) is 0 Å². The monoisotopic (exact) mass is 341 g/mol. The van der Waals surface area contributed by atoms with Gasteiger partial charge in [-0.25, -0.2) is 4.98 Å². The van der Waals surface area contributed by atoms with Gasteiger partial charge in [0, 0.05) is 28.5 Å². The molecule has 2 aromatic heterocycles. The lowest BCUT2D eigenvalue weighted by Gasteiger charge is -2.33. The maximum absolute atomic E-state index is 6.74. The van der Waals surface area contributed by atoms with Crippen LogP contribution in [0.1, 0.15) is 88.4 Å². The summed E-state index contributed by atoms with van der Waals surface area (Å²) >= 11 is 0. The molecule has 1 unspecified atom stereocenters. The van der Waals surface area contributed by atoms with Gasteiger partial charge in [-0.15, -0.1) is 0 Å². The standard InChI is InChI=1S/C22H35N3/c1-7-18(22(4,5)6)25-15(3)14(2)19-20(23)16-12-10-8-9-11-13-17(16)24-21(19)25/h18H,7-13H2,1-6H3,(H2,23,24). The lowest BCUT2D eigenvalue weighted by atomic mass is 9.85. The number of nitrogen functional groups attached to an aromatic ring is 1. The van der Waals surface area contributed by atoms with Gasteiger partial charge in [-0.1, -0.05) is 40.5 Å². The first-order valence-corrected chi connectivity index (χ1v) is 10.1. The number of fused-ring (bicyclic) bond motifs is 2. The van der Waals surface area contributed by atoms with Crippen molar-refractivity contribution >= 4 is 16.7 Å². The zero-order valence-electron chi connectivity index (χ0n) is 17.0. The molecule has 3 heteroatoms. The number of hydrogen-bond donors (Lipinski definition) is 1. The molecule has 0 spiro atoms. The van der Waals surface area contributed by atoms with E-state index < -0.39 is 0 Å². The summed E-state index contributed by atoms with van der Waals surface area (Å²) in [6.07, 6.45) is 8.37. The lowest BCUT2D eigenvalue weighted by Crippen LogP contribution is -2.25. The smallest absolute Gasteiger partial charge is 0.143 e. The number of aromatic nitrogens is 2. The summed E-state index contributed by atoms with van der Waals surface area (Å²) in [7, 11) is 0. The first kappa shape index (κ1) is 18.3. The first-order valence-electron chi connectivity index (χ1n) is 10.1. The number of hydrogen-bond acceptors (Lipinski definition) is 2. The van der Waals surface area contributed by atoms with Gasteiger partial charge in [0.2, 0.25) is 0 Å². The number of anilines is 1. The van der Waals surface area contributed by atoms with Crippen molar-refractivity contribution < 1.29 is 0 Å². The molecular formula is C22H35N3. The van der Waals surface area contributed by atoms with E-state index in [1.165, 1.54) is 53.6 Å². The summed E-state index contributed by atoms with van der Waals surface area (Å²) in [5, 5.41) is 1.21. The fraction of sp³-hybridized carbons (Fsp3) is 0.682. The predicted octanol–water partition coefficient (Wildman–Crippen LogP) is 5.89. The molecule has 1 aliphatic carbocycles. The van der Waals surface area contributed by atoms with Crippen LogP contribution in [-0.2, 0) is 12.8 Å². The molecule has 3 rings (SSSR count). The molecule has 25 heavy (non-hydrogen) atoms. The first-order chi connectivity index (χ1) is 11.8. The summed E-state index contributed by atoms with van der Waals surface area (Å²) in [6, 6.07) is 0.433. The zero-order valence-corrected chi connectivity index (χ0v) is 17.0. The summed E-state index contributed by atoms with van der Waals surface area (Å²) in [5.74, 6) is 0. The van der Waals surface area contributed by atoms with Crippen LogP contribution in [0, 0.1) is 19.3 Å². The molecule has 2 heterocycles. The Morgan fingerprint density at radius 3 is 2.32 bits per heavy atom. The zero-order chi connectivity index (χ0) is 18.4. The van der Waals surface area contributed by atoms with Crippen LogP contribution in [0.15, 0.2) is 0 Å². The molecule has 0 bridgehead atoms. The Kier molecular flexibility index (Phi) is 4.87. The second-order valence-electron chi connectivity index (χ2n) is 8.93. The molecule has 0 fully saturated rings. The number of nitrogens with two attached hydrogens (primary N) is 1. The van der Waals surface area contributed by atoms with Gasteiger partial charge in [-0.3, -0.25) is 0 Å². The Balaban J connectivity index is 2.31. The largest absolute Gasteiger partial charge is 0.398 e. The van der Waals surface area contributed by atoms with Gasteiger partial charge in [0.05, 0.1) is 0 Å². The Labute approximate surface area is 153 Å². The van der Waals surface area contributed by atoms with Crippen molar-refractivity contribution in [3.05, 3.63) is 22.5 Å². The minimum Gasteiger partial charge on any atom is -0.398 e. The number of nitrogens with zero attached hydrogens (tertiary/aromatic N) is 2. The van der Waals surface area contributed by atoms with Gasteiger partial charge in [0.15, 0.2) is 0 Å². The van der Waals surface area contributed by atoms with E-state index in [-0.39, 0.29) is 5.41 Å². The van der Waals surface area contributed by atoms with Crippen molar-refractivity contribution in [1.29, 1.82) is 0 Å². The molecule has 1 atom stereocenters. The van der Waals surface area contributed by atoms with Crippen molar-refractivity contribution in [1.82, 2.24) is 9.55 Å². The Hall–Kier alpha value is -1.51. The molecule has 138 valence electrons. The van der Waals surface area contributed by atoms with Crippen molar-refractivity contribution in [3.63, 3.8) is 0 Å². The molecular weight excluding hydrogens is 306 g/mol. The molecule has 0 aromatic carbocycles. The molecule has 0 radical (unpaired) electrons. The molecule has 0 aliphatic heterocycles. The van der Waals surface area contributed by atoms with E-state index in [0.717, 1.165) is 30.6 Å². The lowest BCUT2D eigenvalue weighted by molar-refractivity contribution is 0.237. The summed E-state index contributed by atoms with van der Waals surface area (Å²) in [5.41, 5.74) is 14.3. The minimum absolute atomic E-state index is 0.193. The molecule has 3 nitrogen and oxygen atoms in total. The summed E-state index contributed by atoms with van der Waals surface area (Å²) < 4.78 is 2.49. The van der Waals surface area contributed by atoms with Crippen LogP contribution in [0.5, 0.6) is 0 Å². The van der Waals surface area contributed by atoms with Gasteiger partial charge in [0.1, 0.15) is 5.65 Å². The van der Waals surface area contributed by atoms with E-state index in [9.17, 15) is 0 Å². The molecule has 1 aliphatic rings. The summed E-state index contributed by atoms with van der Waals surface area (Å²) in [4.78, 5) is 5.23. The predicted molar refractivity (Wildman–Crippen MR) is 108 cm³/mol. The number of rotatable bonds is 2. The second kappa shape index (κ2) is 6.66. The van der Waals surface area contributed by atoms with Crippen molar-refractivity contribution in [3.8, 4) is 0 Å². The Morgan fingerprint density at radius 1 is 1.08 bits per heavy atom. The molecule has 2 aromatic rings. The highest BCUT2D eigenvalue weighted by molar-refractivity contribution is 5.95. The number of pyridine rings is 1. The van der Waals surface area contributed by atoms with Crippen molar-refractivity contribution in [2.24, 2.45) is 5.41 Å². The topological polar surface area (TPSA) is 43.8 Å². The van der Waals surface area contributed by atoms with Gasteiger partial charge in [0.25, 0.3) is 0 Å². The van der Waals surface area contributed by atoms with Crippen LogP contribution in [0.2, 0.25) is 0 Å². The van der Waals surface area contributed by atoms with Crippen LogP contribution in [0.3, 0.4) is 0 Å². The van der Waals surface area contributed by atoms with Crippen LogP contribution in [0.25, 0.3) is 11.0 Å². The van der Waals surface area contributed by atoms with Crippen molar-refractivity contribution in [2.45, 2.75) is 92.5 Å². The van der Waals surface area contributed by atoms with E-state index in [0.29, 0.717) is 6.04 Å². The van der Waals surface area contributed by atoms with E-state index in [1.54, 1.807) is 0 Å². The Morgan fingerprint density at radius 2 is 1.72 bits per heavy atom. The maximum atomic E-state index is 6.74. The van der Waals surface area contributed by atoms with Gasteiger partial charge < -0.3 is 10.3 Å². The quantitative estimate of drug-likeness (QED) is 0.740. The van der Waals surface area contributed by atoms with E-state index >= 15 is 0 Å². The SMILES string of the molecule is CCC(n1c(C)c(C)c2c(N)c3c(nc21)CCCCCC3)C(C)(C)C. The fourth-order valence-corrected chi connectivity index (χ4v) is 4.74. The molecule has 2 N–H and O–H groups in total. The molecule has 0 saturated carbocycles. The third-order valence-electron chi connectivity index (χ3n) is 6.20. The highest BCUT2D eigenvalue weighted by Gasteiger charge is 2.30. The maximum Gasteiger partial charge on any atom is 0.143 e. The fourth-order valence-electron chi connectivity index (χ4n) is 4.74. The average molecular weight is 342 g/mol. The third-order valence-corrected chi connectivity index (χ3v) is 6.20. The van der Waals surface area contributed by atoms with E-state index in [2.05, 4.69) is 46.1 Å². The van der Waals surface area contributed by atoms with Gasteiger partial charge in [-0.05, 0) is 62.5 Å². The highest BCUT2D eigenvalue weighted by atomic mass is 15.1. The summed E-state index contributed by atoms with van der Waals surface area (Å²) in [6.45, 7) is 13.7. The second-order valence-corrected chi connectivity index (χ2v) is 8.93. The van der Waals surface area contributed by atoms with Crippen LogP contribution >= 0.6 is 0 Å². The van der Waals surface area contributed by atoms with Crippen molar-refractivity contribution in [2.75, 3.05) is 5.73 Å². The average Bonchev–Trinajstić information content (AvgIpc) is 2.74. The van der Waals surface area contributed by atoms with E-state index in [4.69, 9.17) is 10.7 Å². The molecule has 0 amide bonds.